The second-order valence-electron chi connectivity index (χ2n) is 7.21. The quantitative estimate of drug-likeness (QED) is 0.448. The minimum atomic E-state index is -4.71. The fourth-order valence-electron chi connectivity index (χ4n) is 3.07. The van der Waals surface area contributed by atoms with E-state index in [1.54, 1.807) is 35.2 Å². The predicted octanol–water partition coefficient (Wildman–Crippen LogP) is 4.51. The highest BCUT2D eigenvalue weighted by Crippen LogP contribution is 2.29. The van der Waals surface area contributed by atoms with Gasteiger partial charge < -0.3 is 8.92 Å². The molecule has 4 aromatic rings. The first-order chi connectivity index (χ1) is 14.6. The van der Waals surface area contributed by atoms with Crippen LogP contribution in [0, 0.1) is 6.92 Å². The highest BCUT2D eigenvalue weighted by Gasteiger charge is 2.38. The van der Waals surface area contributed by atoms with Gasteiger partial charge in [-0.3, -0.25) is 0 Å². The van der Waals surface area contributed by atoms with Crippen LogP contribution in [0.3, 0.4) is 0 Å². The van der Waals surface area contributed by atoms with Crippen LogP contribution in [0.25, 0.3) is 17.0 Å². The van der Waals surface area contributed by atoms with Gasteiger partial charge in [0.2, 0.25) is 5.82 Å². The largest absolute Gasteiger partial charge is 0.471 e. The molecule has 0 fully saturated rings. The fourth-order valence-corrected chi connectivity index (χ4v) is 4.36. The fraction of sp³-hybridized carbons (Fsp3) is 0.250. The first-order valence-corrected chi connectivity index (χ1v) is 11.3. The van der Waals surface area contributed by atoms with Crippen molar-refractivity contribution >= 4 is 15.4 Å². The molecule has 7 nitrogen and oxygen atoms in total. The Morgan fingerprint density at radius 3 is 2.71 bits per heavy atom. The van der Waals surface area contributed by atoms with E-state index in [-0.39, 0.29) is 12.4 Å². The number of alkyl halides is 3. The average Bonchev–Trinajstić information content (AvgIpc) is 3.32. The zero-order valence-corrected chi connectivity index (χ0v) is 17.4. The van der Waals surface area contributed by atoms with E-state index in [2.05, 4.69) is 24.0 Å². The zero-order valence-electron chi connectivity index (χ0n) is 16.6. The van der Waals surface area contributed by atoms with E-state index in [9.17, 15) is 17.4 Å². The number of rotatable bonds is 5. The number of benzene rings is 1. The van der Waals surface area contributed by atoms with Gasteiger partial charge in [0.1, 0.15) is 5.65 Å². The van der Waals surface area contributed by atoms with Crippen LogP contribution < -0.4 is 0 Å². The molecular weight excluding hydrogens is 431 g/mol. The van der Waals surface area contributed by atoms with Crippen LogP contribution in [0.4, 0.5) is 13.2 Å². The van der Waals surface area contributed by atoms with Gasteiger partial charge in [0, 0.05) is 33.9 Å². The number of aromatic nitrogens is 4. The van der Waals surface area contributed by atoms with Crippen LogP contribution in [-0.4, -0.2) is 30.0 Å². The van der Waals surface area contributed by atoms with Crippen molar-refractivity contribution in [3.63, 3.8) is 0 Å². The molecule has 0 saturated heterocycles. The number of aryl methyl sites for hydroxylation is 1. The Bertz CT molecular complexity index is 1370. The molecule has 0 bridgehead atoms. The van der Waals surface area contributed by atoms with Gasteiger partial charge in [-0.25, -0.2) is 13.6 Å². The summed E-state index contributed by atoms with van der Waals surface area (Å²) in [5.41, 5.74) is 3.43. The van der Waals surface area contributed by atoms with Crippen LogP contribution in [0.5, 0.6) is 0 Å². The third kappa shape index (κ3) is 4.93. The number of hydrogen-bond donors (Lipinski definition) is 0. The van der Waals surface area contributed by atoms with Crippen LogP contribution in [0.1, 0.15) is 22.7 Å². The van der Waals surface area contributed by atoms with Gasteiger partial charge in [-0.1, -0.05) is 35.0 Å². The maximum Gasteiger partial charge on any atom is 0.471 e. The first-order valence-electron chi connectivity index (χ1n) is 9.19. The molecular formula is C20H18F3N5O2S. The third-order valence-corrected chi connectivity index (χ3v) is 6.00. The minimum Gasteiger partial charge on any atom is -0.329 e. The Kier molecular flexibility index (Phi) is 5.29. The lowest BCUT2D eigenvalue weighted by atomic mass is 10.2. The molecule has 0 aliphatic heterocycles. The molecule has 11 heteroatoms. The van der Waals surface area contributed by atoms with E-state index in [1.807, 2.05) is 31.2 Å². The van der Waals surface area contributed by atoms with E-state index in [1.165, 1.54) is 0 Å². The summed E-state index contributed by atoms with van der Waals surface area (Å²) in [6.07, 6.45) is 0.254. The molecule has 3 aromatic heterocycles. The summed E-state index contributed by atoms with van der Waals surface area (Å²) in [5.74, 6) is -1.25. The summed E-state index contributed by atoms with van der Waals surface area (Å²) in [4.78, 5) is 7.80. The SMILES string of the molecule is Cc1cccc(CS(C)(=O)=NCc2cn3ccc(-c4noc(C(F)(F)F)n4)cc3n2)c1. The lowest BCUT2D eigenvalue weighted by Gasteiger charge is -2.05. The van der Waals surface area contributed by atoms with E-state index in [0.29, 0.717) is 22.7 Å². The van der Waals surface area contributed by atoms with Gasteiger partial charge in [0.25, 0.3) is 0 Å². The molecule has 0 amide bonds. The normalized spacial score (nSPS) is 14.0. The zero-order chi connectivity index (χ0) is 22.2. The summed E-state index contributed by atoms with van der Waals surface area (Å²) in [6, 6.07) is 10.9. The summed E-state index contributed by atoms with van der Waals surface area (Å²) >= 11 is 0. The molecule has 0 N–H and O–H groups in total. The Labute approximate surface area is 176 Å². The Morgan fingerprint density at radius 1 is 1.19 bits per heavy atom. The standard InChI is InChI=1S/C20H18F3N5O2S/c1-13-4-3-5-14(8-13)12-31(2,29)24-10-16-11-28-7-6-15(9-17(28)25-16)18-26-19(30-27-18)20(21,22)23/h3-9,11H,10,12H2,1-2H3. The third-order valence-electron chi connectivity index (χ3n) is 4.45. The number of pyridine rings is 1. The van der Waals surface area contributed by atoms with Crippen LogP contribution in [0.2, 0.25) is 0 Å². The summed E-state index contributed by atoms with van der Waals surface area (Å²) in [5, 5.41) is 3.38. The Hall–Kier alpha value is -3.21. The van der Waals surface area contributed by atoms with Crippen molar-refractivity contribution in [2.45, 2.75) is 25.4 Å². The smallest absolute Gasteiger partial charge is 0.329 e. The van der Waals surface area contributed by atoms with Crippen LogP contribution >= 0.6 is 0 Å². The van der Waals surface area contributed by atoms with Gasteiger partial charge in [-0.2, -0.15) is 18.2 Å². The lowest BCUT2D eigenvalue weighted by molar-refractivity contribution is -0.159. The van der Waals surface area contributed by atoms with Gasteiger partial charge in [-0.15, -0.1) is 0 Å². The molecule has 1 unspecified atom stereocenters. The van der Waals surface area contributed by atoms with E-state index in [0.717, 1.165) is 11.1 Å². The molecule has 0 aliphatic rings. The molecule has 162 valence electrons. The van der Waals surface area contributed by atoms with E-state index < -0.39 is 21.8 Å². The second-order valence-corrected chi connectivity index (χ2v) is 9.68. The lowest BCUT2D eigenvalue weighted by Crippen LogP contribution is -2.04. The summed E-state index contributed by atoms with van der Waals surface area (Å²) in [7, 11) is -2.46. The number of fused-ring (bicyclic) bond motifs is 1. The predicted molar refractivity (Wildman–Crippen MR) is 109 cm³/mol. The van der Waals surface area contributed by atoms with Gasteiger partial charge in [0.15, 0.2) is 0 Å². The van der Waals surface area contributed by atoms with Crippen molar-refractivity contribution in [2.24, 2.45) is 4.36 Å². The number of hydrogen-bond acceptors (Lipinski definition) is 6. The van der Waals surface area contributed by atoms with Crippen molar-refractivity contribution in [1.82, 2.24) is 19.5 Å². The van der Waals surface area contributed by atoms with Crippen molar-refractivity contribution in [1.29, 1.82) is 0 Å². The van der Waals surface area contributed by atoms with Gasteiger partial charge >= 0.3 is 12.1 Å². The molecule has 4 rings (SSSR count). The summed E-state index contributed by atoms with van der Waals surface area (Å²) < 4.78 is 61.2. The number of halogens is 3. The molecule has 0 saturated carbocycles. The van der Waals surface area contributed by atoms with E-state index in [4.69, 9.17) is 0 Å². The number of nitrogens with zero attached hydrogens (tertiary/aromatic N) is 5. The maximum atomic E-state index is 12.9. The molecule has 31 heavy (non-hydrogen) atoms. The Balaban J connectivity index is 1.55. The molecule has 0 aliphatic carbocycles. The molecule has 0 radical (unpaired) electrons. The maximum absolute atomic E-state index is 12.9. The highest BCUT2D eigenvalue weighted by molar-refractivity contribution is 7.92. The van der Waals surface area contributed by atoms with Crippen LogP contribution in [0.15, 0.2) is 57.7 Å². The topological polar surface area (TPSA) is 85.7 Å². The molecule has 1 atom stereocenters. The van der Waals surface area contributed by atoms with Gasteiger partial charge in [0.05, 0.1) is 18.0 Å². The summed E-state index contributed by atoms with van der Waals surface area (Å²) in [6.45, 7) is 2.13. The molecule has 0 spiro atoms. The molecule has 1 aromatic carbocycles. The minimum absolute atomic E-state index is 0.151. The molecule has 3 heterocycles. The van der Waals surface area contributed by atoms with E-state index >= 15 is 0 Å². The van der Waals surface area contributed by atoms with Crippen molar-refractivity contribution in [3.8, 4) is 11.4 Å². The first kappa shape index (κ1) is 21.0. The number of imidazole rings is 1. The highest BCUT2D eigenvalue weighted by atomic mass is 32.2. The second kappa shape index (κ2) is 7.80. The van der Waals surface area contributed by atoms with Crippen molar-refractivity contribution in [2.75, 3.05) is 6.26 Å². The monoisotopic (exact) mass is 449 g/mol. The van der Waals surface area contributed by atoms with Crippen molar-refractivity contribution < 1.29 is 21.9 Å². The van der Waals surface area contributed by atoms with Crippen LogP contribution in [-0.2, 0) is 28.2 Å². The Morgan fingerprint density at radius 2 is 2.00 bits per heavy atom. The average molecular weight is 449 g/mol. The van der Waals surface area contributed by atoms with Crippen molar-refractivity contribution in [3.05, 3.63) is 71.5 Å². The van der Waals surface area contributed by atoms with Gasteiger partial charge in [-0.05, 0) is 24.6 Å².